The lowest BCUT2D eigenvalue weighted by atomic mass is 9.94. The summed E-state index contributed by atoms with van der Waals surface area (Å²) in [6.45, 7) is -0.768. The highest BCUT2D eigenvalue weighted by atomic mass is 35.5. The molecule has 5 rings (SSSR count). The Bertz CT molecular complexity index is 1840. The molecule has 16 heteroatoms. The third-order valence-electron chi connectivity index (χ3n) is 7.24. The van der Waals surface area contributed by atoms with Crippen molar-refractivity contribution in [1.82, 2.24) is 10.1 Å². The molecule has 0 radical (unpaired) electrons. The van der Waals surface area contributed by atoms with Crippen LogP contribution >= 0.6 is 23.2 Å². The first-order valence-electron chi connectivity index (χ1n) is 13.4. The lowest BCUT2D eigenvalue weighted by molar-refractivity contribution is -0.122. The number of alkyl halides is 3. The second kappa shape index (κ2) is 12.2. The molecule has 0 unspecified atom stereocenters. The first kappa shape index (κ1) is 32.6. The van der Waals surface area contributed by atoms with E-state index in [1.54, 1.807) is 0 Å². The minimum absolute atomic E-state index is 0.0165. The van der Waals surface area contributed by atoms with E-state index in [-0.39, 0.29) is 49.3 Å². The minimum atomic E-state index is -4.67. The number of nitrogens with zero attached hydrogens (tertiary/aromatic N) is 3. The second-order valence-corrected chi connectivity index (χ2v) is 13.4. The van der Waals surface area contributed by atoms with Crippen LogP contribution in [0.15, 0.2) is 64.0 Å². The van der Waals surface area contributed by atoms with Crippen LogP contribution in [0.5, 0.6) is 0 Å². The van der Waals surface area contributed by atoms with Gasteiger partial charge in [-0.3, -0.25) is 4.79 Å². The van der Waals surface area contributed by atoms with Gasteiger partial charge in [0.15, 0.2) is 27.3 Å². The lowest BCUT2D eigenvalue weighted by Crippen LogP contribution is -2.39. The van der Waals surface area contributed by atoms with E-state index in [1.807, 2.05) is 0 Å². The predicted molar refractivity (Wildman–Crippen MR) is 157 cm³/mol. The number of hydrogen-bond acceptors (Lipinski definition) is 7. The molecule has 8 nitrogen and oxygen atoms in total. The molecule has 1 aromatic heterocycles. The van der Waals surface area contributed by atoms with E-state index in [0.29, 0.717) is 18.4 Å². The van der Waals surface area contributed by atoms with Crippen LogP contribution in [0, 0.1) is 11.6 Å². The molecule has 1 heterocycles. The molecule has 45 heavy (non-hydrogen) atoms. The molecule has 0 bridgehead atoms. The van der Waals surface area contributed by atoms with E-state index in [4.69, 9.17) is 27.7 Å². The molecule has 1 aliphatic rings. The smallest absolute Gasteiger partial charge is 0.353 e. The van der Waals surface area contributed by atoms with Crippen molar-refractivity contribution < 1.29 is 39.7 Å². The molecule has 4 aromatic rings. The summed E-state index contributed by atoms with van der Waals surface area (Å²) >= 11 is 13.1. The number of carbonyl (C=O) groups is 1. The normalized spacial score (nSPS) is 14.3. The summed E-state index contributed by atoms with van der Waals surface area (Å²) in [4.78, 5) is 17.8. The monoisotopic (exact) mass is 688 g/mol. The fraction of sp³-hybridized carbons (Fsp3) is 0.276. The summed E-state index contributed by atoms with van der Waals surface area (Å²) in [5, 5.41) is 6.63. The summed E-state index contributed by atoms with van der Waals surface area (Å²) in [5.41, 5.74) is -0.639. The Labute approximate surface area is 264 Å². The van der Waals surface area contributed by atoms with Gasteiger partial charge in [-0.05, 0) is 61.4 Å². The maximum atomic E-state index is 14.3. The second-order valence-electron chi connectivity index (χ2n) is 10.3. The van der Waals surface area contributed by atoms with Crippen molar-refractivity contribution in [3.05, 3.63) is 87.7 Å². The van der Waals surface area contributed by atoms with E-state index < -0.39 is 52.1 Å². The number of benzene rings is 3. The molecular weight excluding hydrogens is 666 g/mol. The zero-order valence-electron chi connectivity index (χ0n) is 23.3. The number of sulfone groups is 1. The Morgan fingerprint density at radius 2 is 1.71 bits per heavy atom. The molecule has 1 fully saturated rings. The summed E-state index contributed by atoms with van der Waals surface area (Å²) in [6, 6.07) is 11.0. The molecule has 1 saturated carbocycles. The first-order chi connectivity index (χ1) is 21.1. The Morgan fingerprint density at radius 3 is 2.29 bits per heavy atom. The van der Waals surface area contributed by atoms with Gasteiger partial charge in [-0.25, -0.2) is 17.2 Å². The molecule has 238 valence electrons. The summed E-state index contributed by atoms with van der Waals surface area (Å²) < 4.78 is 97.5. The quantitative estimate of drug-likeness (QED) is 0.176. The van der Waals surface area contributed by atoms with Gasteiger partial charge in [0.1, 0.15) is 6.54 Å². The van der Waals surface area contributed by atoms with Crippen LogP contribution in [0.25, 0.3) is 11.5 Å². The van der Waals surface area contributed by atoms with Crippen molar-refractivity contribution >= 4 is 50.3 Å². The van der Waals surface area contributed by atoms with Gasteiger partial charge in [-0.15, -0.1) is 0 Å². The van der Waals surface area contributed by atoms with Crippen LogP contribution in [-0.2, 0) is 20.0 Å². The van der Waals surface area contributed by atoms with Crippen molar-refractivity contribution in [3.63, 3.8) is 0 Å². The maximum absolute atomic E-state index is 14.3. The largest absolute Gasteiger partial charge is 0.405 e. The standard InChI is InChI=1S/C29H23Cl2F5N4O4S/c1-2-45(42,43)18-8-6-17(7-9-18)40(15-29(34,35)36)14-23(41)37-16-12-20(30)24(21(31)13-16)28(10-11-28)27-38-26(44-39-27)19-4-3-5-22(32)25(19)33/h3-9,12-13H,2,10-11,14-15H2,1H3,(H,37,41). The van der Waals surface area contributed by atoms with E-state index in [2.05, 4.69) is 15.5 Å². The van der Waals surface area contributed by atoms with Gasteiger partial charge in [-0.1, -0.05) is 41.3 Å². The van der Waals surface area contributed by atoms with Crippen molar-refractivity contribution in [2.45, 2.75) is 36.3 Å². The fourth-order valence-corrected chi connectivity index (χ4v) is 6.60. The first-order valence-corrected chi connectivity index (χ1v) is 15.8. The SMILES string of the molecule is CCS(=O)(=O)c1ccc(N(CC(=O)Nc2cc(Cl)c(C3(c4noc(-c5cccc(F)c5F)n4)CC3)c(Cl)c2)CC(F)(F)F)cc1. The van der Waals surface area contributed by atoms with Crippen LogP contribution in [0.1, 0.15) is 31.2 Å². The molecule has 0 aliphatic heterocycles. The predicted octanol–water partition coefficient (Wildman–Crippen LogP) is 7.20. The maximum Gasteiger partial charge on any atom is 0.405 e. The van der Waals surface area contributed by atoms with Crippen LogP contribution in [0.4, 0.5) is 33.3 Å². The number of hydrogen-bond donors (Lipinski definition) is 1. The number of anilines is 2. The molecular formula is C29H23Cl2F5N4O4S. The van der Waals surface area contributed by atoms with E-state index in [0.717, 1.165) is 11.0 Å². The van der Waals surface area contributed by atoms with Gasteiger partial charge >= 0.3 is 6.18 Å². The van der Waals surface area contributed by atoms with Crippen molar-refractivity contribution in [2.75, 3.05) is 29.1 Å². The number of aromatic nitrogens is 2. The van der Waals surface area contributed by atoms with Crippen LogP contribution in [0.2, 0.25) is 10.0 Å². The molecule has 0 saturated heterocycles. The van der Waals surface area contributed by atoms with E-state index in [9.17, 15) is 35.2 Å². The third-order valence-corrected chi connectivity index (χ3v) is 9.58. The molecule has 1 N–H and O–H groups in total. The fourth-order valence-electron chi connectivity index (χ4n) is 4.87. The zero-order chi connectivity index (χ0) is 32.7. The van der Waals surface area contributed by atoms with Gasteiger partial charge in [0.05, 0.1) is 28.2 Å². The average molecular weight is 689 g/mol. The van der Waals surface area contributed by atoms with Gasteiger partial charge in [0.2, 0.25) is 5.91 Å². The molecule has 0 spiro atoms. The van der Waals surface area contributed by atoms with Gasteiger partial charge < -0.3 is 14.7 Å². The Balaban J connectivity index is 1.35. The van der Waals surface area contributed by atoms with Gasteiger partial charge in [0, 0.05) is 27.0 Å². The Kier molecular flexibility index (Phi) is 8.86. The number of halogens is 7. The Morgan fingerprint density at radius 1 is 1.07 bits per heavy atom. The highest BCUT2D eigenvalue weighted by molar-refractivity contribution is 7.91. The average Bonchev–Trinajstić information content (AvgIpc) is 3.59. The van der Waals surface area contributed by atoms with Crippen LogP contribution in [-0.4, -0.2) is 49.5 Å². The van der Waals surface area contributed by atoms with Crippen molar-refractivity contribution in [2.24, 2.45) is 0 Å². The number of rotatable bonds is 10. The van der Waals surface area contributed by atoms with Crippen molar-refractivity contribution in [3.8, 4) is 11.5 Å². The molecule has 1 aliphatic carbocycles. The summed E-state index contributed by atoms with van der Waals surface area (Å²) in [7, 11) is -3.58. The minimum Gasteiger partial charge on any atom is -0.353 e. The van der Waals surface area contributed by atoms with Crippen LogP contribution in [0.3, 0.4) is 0 Å². The molecule has 0 atom stereocenters. The molecule has 1 amide bonds. The van der Waals surface area contributed by atoms with Crippen molar-refractivity contribution in [1.29, 1.82) is 0 Å². The topological polar surface area (TPSA) is 105 Å². The van der Waals surface area contributed by atoms with Crippen LogP contribution < -0.4 is 10.2 Å². The summed E-state index contributed by atoms with van der Waals surface area (Å²) in [6.07, 6.45) is -3.68. The summed E-state index contributed by atoms with van der Waals surface area (Å²) in [5.74, 6) is -3.35. The van der Waals surface area contributed by atoms with E-state index in [1.165, 1.54) is 55.5 Å². The molecule has 3 aromatic carbocycles. The number of nitrogens with one attached hydrogen (secondary N) is 1. The highest BCUT2D eigenvalue weighted by Crippen LogP contribution is 2.57. The number of carbonyl (C=O) groups excluding carboxylic acids is 1. The Hall–Kier alpha value is -3.75. The zero-order valence-corrected chi connectivity index (χ0v) is 25.6. The lowest BCUT2D eigenvalue weighted by Gasteiger charge is -2.26. The van der Waals surface area contributed by atoms with Gasteiger partial charge in [-0.2, -0.15) is 18.2 Å². The van der Waals surface area contributed by atoms with Gasteiger partial charge in [0.25, 0.3) is 5.89 Å². The number of amides is 1. The van der Waals surface area contributed by atoms with E-state index >= 15 is 0 Å². The third kappa shape index (κ3) is 6.92. The highest BCUT2D eigenvalue weighted by Gasteiger charge is 2.52.